The number of carbonyl (C=O) groups is 1. The molecule has 0 spiro atoms. The number of hydrogen-bond acceptors (Lipinski definition) is 5. The van der Waals surface area contributed by atoms with Crippen molar-refractivity contribution in [1.29, 1.82) is 0 Å². The van der Waals surface area contributed by atoms with Crippen molar-refractivity contribution in [1.82, 2.24) is 9.97 Å². The summed E-state index contributed by atoms with van der Waals surface area (Å²) in [6, 6.07) is 5.71. The molecule has 0 saturated heterocycles. The lowest BCUT2D eigenvalue weighted by molar-refractivity contribution is 0.103. The first-order valence-corrected chi connectivity index (χ1v) is 9.06. The quantitative estimate of drug-likeness (QED) is 0.681. The zero-order valence-corrected chi connectivity index (χ0v) is 15.9. The Morgan fingerprint density at radius 3 is 2.83 bits per heavy atom. The molecule has 0 aliphatic heterocycles. The van der Waals surface area contributed by atoms with Crippen LogP contribution in [-0.2, 0) is 0 Å². The molecule has 0 aliphatic rings. The number of nitrogens with zero attached hydrogens (tertiary/aromatic N) is 2. The van der Waals surface area contributed by atoms with Crippen LogP contribution in [0.4, 0.5) is 5.69 Å². The van der Waals surface area contributed by atoms with Crippen LogP contribution in [0, 0.1) is 13.8 Å². The molecule has 24 heavy (non-hydrogen) atoms. The first-order chi connectivity index (χ1) is 11.5. The third-order valence-electron chi connectivity index (χ3n) is 3.60. The van der Waals surface area contributed by atoms with Crippen molar-refractivity contribution in [3.63, 3.8) is 0 Å². The molecule has 0 radical (unpaired) electrons. The van der Waals surface area contributed by atoms with Gasteiger partial charge in [0, 0.05) is 10.2 Å². The van der Waals surface area contributed by atoms with Gasteiger partial charge in [-0.3, -0.25) is 4.79 Å². The van der Waals surface area contributed by atoms with Crippen LogP contribution in [0.15, 0.2) is 29.0 Å². The van der Waals surface area contributed by atoms with E-state index in [1.54, 1.807) is 0 Å². The molecule has 0 saturated carbocycles. The first kappa shape index (κ1) is 16.9. The zero-order chi connectivity index (χ0) is 17.3. The van der Waals surface area contributed by atoms with Gasteiger partial charge in [0.2, 0.25) is 5.88 Å². The highest BCUT2D eigenvalue weighted by Crippen LogP contribution is 2.34. The van der Waals surface area contributed by atoms with Gasteiger partial charge in [-0.15, -0.1) is 11.3 Å². The fraction of sp³-hybridized carbons (Fsp3) is 0.235. The average Bonchev–Trinajstić information content (AvgIpc) is 2.89. The number of anilines is 1. The normalized spacial score (nSPS) is 10.8. The van der Waals surface area contributed by atoms with E-state index in [0.29, 0.717) is 17.4 Å². The maximum Gasteiger partial charge on any atom is 0.266 e. The van der Waals surface area contributed by atoms with E-state index in [4.69, 9.17) is 4.74 Å². The van der Waals surface area contributed by atoms with Crippen LogP contribution in [0.25, 0.3) is 10.2 Å². The number of ether oxygens (including phenoxy) is 1. The van der Waals surface area contributed by atoms with Crippen molar-refractivity contribution in [2.45, 2.75) is 20.8 Å². The van der Waals surface area contributed by atoms with Crippen molar-refractivity contribution in [2.75, 3.05) is 11.9 Å². The molecule has 5 nitrogen and oxygen atoms in total. The lowest BCUT2D eigenvalue weighted by Gasteiger charge is -2.07. The summed E-state index contributed by atoms with van der Waals surface area (Å²) in [4.78, 5) is 22.5. The van der Waals surface area contributed by atoms with E-state index in [2.05, 4.69) is 31.2 Å². The summed E-state index contributed by atoms with van der Waals surface area (Å²) in [7, 11) is 0. The predicted molar refractivity (Wildman–Crippen MR) is 100 cm³/mol. The standard InChI is InChI=1S/C17H16BrN3O2S/c1-4-23-16-13-10(3)14(24-17(13)20-8-19-16)15(22)21-11-5-6-12(18)9(2)7-11/h5-8H,4H2,1-3H3,(H,21,22). The summed E-state index contributed by atoms with van der Waals surface area (Å²) in [6.07, 6.45) is 1.46. The minimum Gasteiger partial charge on any atom is -0.477 e. The van der Waals surface area contributed by atoms with Crippen molar-refractivity contribution in [3.05, 3.63) is 45.0 Å². The summed E-state index contributed by atoms with van der Waals surface area (Å²) in [5.74, 6) is 0.370. The number of halogens is 1. The van der Waals surface area contributed by atoms with Crippen LogP contribution < -0.4 is 10.1 Å². The second kappa shape index (κ2) is 6.86. The van der Waals surface area contributed by atoms with Crippen LogP contribution in [0.2, 0.25) is 0 Å². The number of hydrogen-bond donors (Lipinski definition) is 1. The third kappa shape index (κ3) is 3.14. The van der Waals surface area contributed by atoms with Gasteiger partial charge in [-0.1, -0.05) is 15.9 Å². The van der Waals surface area contributed by atoms with E-state index in [-0.39, 0.29) is 5.91 Å². The topological polar surface area (TPSA) is 64.1 Å². The van der Waals surface area contributed by atoms with Gasteiger partial charge in [-0.2, -0.15) is 0 Å². The Morgan fingerprint density at radius 2 is 2.12 bits per heavy atom. The number of thiophene rings is 1. The Labute approximate surface area is 152 Å². The number of nitrogens with one attached hydrogen (secondary N) is 1. The Balaban J connectivity index is 1.96. The average molecular weight is 406 g/mol. The first-order valence-electron chi connectivity index (χ1n) is 7.45. The predicted octanol–water partition coefficient (Wildman–Crippen LogP) is 4.72. The maximum absolute atomic E-state index is 12.7. The van der Waals surface area contributed by atoms with E-state index < -0.39 is 0 Å². The zero-order valence-electron chi connectivity index (χ0n) is 13.5. The van der Waals surface area contributed by atoms with E-state index >= 15 is 0 Å². The number of amides is 1. The van der Waals surface area contributed by atoms with Crippen molar-refractivity contribution in [3.8, 4) is 5.88 Å². The molecule has 0 atom stereocenters. The highest BCUT2D eigenvalue weighted by molar-refractivity contribution is 9.10. The molecule has 1 N–H and O–H groups in total. The van der Waals surface area contributed by atoms with Gasteiger partial charge >= 0.3 is 0 Å². The fourth-order valence-electron chi connectivity index (χ4n) is 2.41. The Kier molecular flexibility index (Phi) is 4.82. The summed E-state index contributed by atoms with van der Waals surface area (Å²) < 4.78 is 6.57. The number of benzene rings is 1. The Hall–Kier alpha value is -1.99. The highest BCUT2D eigenvalue weighted by Gasteiger charge is 2.20. The van der Waals surface area contributed by atoms with Crippen molar-refractivity contribution in [2.24, 2.45) is 0 Å². The van der Waals surface area contributed by atoms with Crippen LogP contribution in [0.5, 0.6) is 5.88 Å². The van der Waals surface area contributed by atoms with Gasteiger partial charge in [0.25, 0.3) is 5.91 Å². The fourth-order valence-corrected chi connectivity index (χ4v) is 3.69. The van der Waals surface area contributed by atoms with E-state index in [1.807, 2.05) is 39.0 Å². The summed E-state index contributed by atoms with van der Waals surface area (Å²) in [5.41, 5.74) is 2.66. The molecule has 2 heterocycles. The van der Waals surface area contributed by atoms with Gasteiger partial charge in [0.1, 0.15) is 11.2 Å². The molecule has 2 aromatic heterocycles. The minimum atomic E-state index is -0.153. The summed E-state index contributed by atoms with van der Waals surface area (Å²) in [5, 5.41) is 3.75. The Bertz CT molecular complexity index is 924. The van der Waals surface area contributed by atoms with Crippen LogP contribution in [0.3, 0.4) is 0 Å². The lowest BCUT2D eigenvalue weighted by atomic mass is 10.2. The molecule has 3 aromatic rings. The molecule has 0 bridgehead atoms. The van der Waals surface area contributed by atoms with Gasteiger partial charge in [0.15, 0.2) is 0 Å². The molecule has 0 unspecified atom stereocenters. The SMILES string of the molecule is CCOc1ncnc2sc(C(=O)Nc3ccc(Br)c(C)c3)c(C)c12. The van der Waals surface area contributed by atoms with Crippen molar-refractivity contribution >= 4 is 49.1 Å². The molecule has 3 rings (SSSR count). The minimum absolute atomic E-state index is 0.153. The summed E-state index contributed by atoms with van der Waals surface area (Å²) in [6.45, 7) is 6.29. The van der Waals surface area contributed by atoms with Gasteiger partial charge in [0.05, 0.1) is 16.9 Å². The highest BCUT2D eigenvalue weighted by atomic mass is 79.9. The number of rotatable bonds is 4. The third-order valence-corrected chi connectivity index (χ3v) is 5.68. The smallest absolute Gasteiger partial charge is 0.266 e. The van der Waals surface area contributed by atoms with Gasteiger partial charge in [-0.05, 0) is 50.1 Å². The number of fused-ring (bicyclic) bond motifs is 1. The molecule has 124 valence electrons. The van der Waals surface area contributed by atoms with E-state index in [9.17, 15) is 4.79 Å². The molecule has 7 heteroatoms. The maximum atomic E-state index is 12.7. The second-order valence-electron chi connectivity index (χ2n) is 5.27. The van der Waals surface area contributed by atoms with Crippen LogP contribution in [0.1, 0.15) is 27.7 Å². The Morgan fingerprint density at radius 1 is 1.33 bits per heavy atom. The molecule has 1 amide bonds. The van der Waals surface area contributed by atoms with Gasteiger partial charge in [-0.25, -0.2) is 9.97 Å². The van der Waals surface area contributed by atoms with Crippen LogP contribution in [-0.4, -0.2) is 22.5 Å². The number of aromatic nitrogens is 2. The lowest BCUT2D eigenvalue weighted by Crippen LogP contribution is -2.11. The number of aryl methyl sites for hydroxylation is 2. The van der Waals surface area contributed by atoms with Crippen LogP contribution >= 0.6 is 27.3 Å². The van der Waals surface area contributed by atoms with Gasteiger partial charge < -0.3 is 10.1 Å². The largest absolute Gasteiger partial charge is 0.477 e. The summed E-state index contributed by atoms with van der Waals surface area (Å²) >= 11 is 4.80. The molecule has 0 fully saturated rings. The second-order valence-corrected chi connectivity index (χ2v) is 7.12. The molecule has 1 aromatic carbocycles. The van der Waals surface area contributed by atoms with E-state index in [1.165, 1.54) is 17.7 Å². The van der Waals surface area contributed by atoms with Crippen molar-refractivity contribution < 1.29 is 9.53 Å². The monoisotopic (exact) mass is 405 g/mol. The number of carbonyl (C=O) groups excluding carboxylic acids is 1. The van der Waals surface area contributed by atoms with E-state index in [0.717, 1.165) is 31.5 Å². The molecule has 0 aliphatic carbocycles. The molecular weight excluding hydrogens is 390 g/mol. The molecular formula is C17H16BrN3O2S.